The Kier molecular flexibility index (Phi) is 4.02. The first-order chi connectivity index (χ1) is 10.5. The molecule has 3 heterocycles. The summed E-state index contributed by atoms with van der Waals surface area (Å²) in [5.74, 6) is -0.672. The van der Waals surface area contributed by atoms with E-state index in [1.807, 2.05) is 0 Å². The lowest BCUT2D eigenvalue weighted by Crippen LogP contribution is -2.68. The molecule has 1 aromatic heterocycles. The molecule has 0 aromatic carbocycles. The molecule has 7 nitrogen and oxygen atoms in total. The molecule has 2 atom stereocenters. The minimum absolute atomic E-state index is 0.0105. The zero-order chi connectivity index (χ0) is 15.9. The first-order valence-corrected chi connectivity index (χ1v) is 8.50. The van der Waals surface area contributed by atoms with Crippen LogP contribution < -0.4 is 10.5 Å². The van der Waals surface area contributed by atoms with Crippen LogP contribution in [0.2, 0.25) is 0 Å². The molecule has 1 fully saturated rings. The molecule has 1 aromatic rings. The second kappa shape index (κ2) is 5.82. The van der Waals surface area contributed by atoms with Crippen LogP contribution >= 0.6 is 23.5 Å². The molecule has 0 aliphatic carbocycles. The minimum atomic E-state index is -1.13. The molecule has 3 N–H and O–H groups in total. The fourth-order valence-corrected chi connectivity index (χ4v) is 4.72. The van der Waals surface area contributed by atoms with Crippen LogP contribution in [-0.4, -0.2) is 44.8 Å². The maximum absolute atomic E-state index is 11.8. The summed E-state index contributed by atoms with van der Waals surface area (Å²) in [5, 5.41) is 21.2. The number of aromatic nitrogens is 1. The smallest absolute Gasteiger partial charge is 0.352 e. The summed E-state index contributed by atoms with van der Waals surface area (Å²) in [7, 11) is 0. The quantitative estimate of drug-likeness (QED) is 0.344. The van der Waals surface area contributed by atoms with Gasteiger partial charge in [-0.2, -0.15) is 4.73 Å². The lowest BCUT2D eigenvalue weighted by atomic mass is 10.0. The highest BCUT2D eigenvalue weighted by Gasteiger charge is 2.51. The zero-order valence-electron chi connectivity index (χ0n) is 11.3. The normalized spacial score (nSPS) is 24.0. The van der Waals surface area contributed by atoms with E-state index in [4.69, 9.17) is 5.73 Å². The number of nitrogens with zero attached hydrogens (tertiary/aromatic N) is 2. The number of rotatable bonds is 4. The molecule has 9 heteroatoms. The molecular formula is C13H13N3O4S2. The van der Waals surface area contributed by atoms with Gasteiger partial charge in [-0.25, -0.2) is 4.79 Å². The van der Waals surface area contributed by atoms with Gasteiger partial charge in [0.25, 0.3) is 5.03 Å². The van der Waals surface area contributed by atoms with Gasteiger partial charge in [-0.05, 0) is 11.6 Å². The van der Waals surface area contributed by atoms with Gasteiger partial charge in [0.15, 0.2) is 6.20 Å². The number of carboxylic acids is 1. The summed E-state index contributed by atoms with van der Waals surface area (Å²) in [4.78, 5) is 24.6. The molecule has 0 saturated carbocycles. The lowest BCUT2D eigenvalue weighted by molar-refractivity contribution is -0.645. The second-order valence-electron chi connectivity index (χ2n) is 4.85. The van der Waals surface area contributed by atoms with Gasteiger partial charge in [0, 0.05) is 23.6 Å². The van der Waals surface area contributed by atoms with Gasteiger partial charge in [-0.1, -0.05) is 11.8 Å². The molecule has 3 rings (SSSR count). The van der Waals surface area contributed by atoms with Crippen LogP contribution in [0.1, 0.15) is 0 Å². The van der Waals surface area contributed by atoms with Crippen LogP contribution in [0.3, 0.4) is 0 Å². The maximum Gasteiger partial charge on any atom is 0.352 e. The number of thioether (sulfide) groups is 2. The molecule has 116 valence electrons. The fraction of sp³-hybridized carbons (Fsp3) is 0.308. The first-order valence-electron chi connectivity index (χ1n) is 6.47. The van der Waals surface area contributed by atoms with Crippen molar-refractivity contribution in [3.05, 3.63) is 40.9 Å². The third-order valence-electron chi connectivity index (χ3n) is 3.47. The van der Waals surface area contributed by atoms with E-state index in [1.165, 1.54) is 34.6 Å². The van der Waals surface area contributed by atoms with Crippen LogP contribution in [0.25, 0.3) is 0 Å². The summed E-state index contributed by atoms with van der Waals surface area (Å²) in [5.41, 5.74) is 6.33. The average molecular weight is 339 g/mol. The number of pyridine rings is 1. The SMILES string of the molecule is NC1C(=O)N2C(C(=O)O)=C(CSc3cccc[n+]3[O-])CS[C@H]12. The number of carbonyl (C=O) groups is 2. The van der Waals surface area contributed by atoms with Crippen molar-refractivity contribution in [2.24, 2.45) is 5.73 Å². The second-order valence-corrected chi connectivity index (χ2v) is 6.95. The molecule has 0 bridgehead atoms. The van der Waals surface area contributed by atoms with Crippen molar-refractivity contribution in [1.82, 2.24) is 4.90 Å². The van der Waals surface area contributed by atoms with Crippen molar-refractivity contribution in [2.45, 2.75) is 16.4 Å². The first kappa shape index (κ1) is 15.2. The largest absolute Gasteiger partial charge is 0.618 e. The van der Waals surface area contributed by atoms with E-state index in [-0.39, 0.29) is 17.0 Å². The van der Waals surface area contributed by atoms with Gasteiger partial charge in [-0.3, -0.25) is 9.69 Å². The number of hydrogen-bond acceptors (Lipinski definition) is 6. The zero-order valence-corrected chi connectivity index (χ0v) is 13.0. The summed E-state index contributed by atoms with van der Waals surface area (Å²) in [6, 6.07) is 4.40. The van der Waals surface area contributed by atoms with Gasteiger partial charge in [0.1, 0.15) is 17.1 Å². The summed E-state index contributed by atoms with van der Waals surface area (Å²) in [6.07, 6.45) is 1.39. The molecule has 2 aliphatic heterocycles. The Morgan fingerprint density at radius 3 is 3.05 bits per heavy atom. The summed E-state index contributed by atoms with van der Waals surface area (Å²) >= 11 is 2.70. The Hall–Kier alpha value is -1.71. The lowest BCUT2D eigenvalue weighted by Gasteiger charge is -2.48. The van der Waals surface area contributed by atoms with Gasteiger partial charge >= 0.3 is 5.97 Å². The van der Waals surface area contributed by atoms with Gasteiger partial charge in [0.05, 0.1) is 0 Å². The summed E-state index contributed by atoms with van der Waals surface area (Å²) in [6.45, 7) is 0. The van der Waals surface area contributed by atoms with Gasteiger partial charge < -0.3 is 16.0 Å². The van der Waals surface area contributed by atoms with Crippen LogP contribution in [-0.2, 0) is 9.59 Å². The third-order valence-corrected chi connectivity index (χ3v) is 5.94. The Morgan fingerprint density at radius 2 is 2.36 bits per heavy atom. The predicted octanol–water partition coefficient (Wildman–Crippen LogP) is -0.00680. The van der Waals surface area contributed by atoms with E-state index >= 15 is 0 Å². The Bertz CT molecular complexity index is 679. The Labute approximate surface area is 134 Å². The molecular weight excluding hydrogens is 326 g/mol. The van der Waals surface area contributed by atoms with E-state index < -0.39 is 12.0 Å². The standard InChI is InChI=1S/C13H13N3O4S2/c14-9-11(17)16-10(13(18)19)7(6-22-12(9)16)5-21-8-3-1-2-4-15(8)20/h1-4,9,12H,5-6,14H2,(H,18,19)/t9?,12-/m1/s1. The molecule has 2 aliphatic rings. The molecule has 0 spiro atoms. The van der Waals surface area contributed by atoms with E-state index in [0.29, 0.717) is 22.1 Å². The van der Waals surface area contributed by atoms with E-state index in [0.717, 1.165) is 4.73 Å². The number of nitrogens with two attached hydrogens (primary N) is 1. The van der Waals surface area contributed by atoms with Crippen LogP contribution in [0.4, 0.5) is 0 Å². The number of hydrogen-bond donors (Lipinski definition) is 2. The van der Waals surface area contributed by atoms with Crippen molar-refractivity contribution in [3.63, 3.8) is 0 Å². The third kappa shape index (κ3) is 2.44. The molecule has 1 unspecified atom stereocenters. The van der Waals surface area contributed by atoms with Crippen molar-refractivity contribution in [2.75, 3.05) is 11.5 Å². The summed E-state index contributed by atoms with van der Waals surface area (Å²) < 4.78 is 0.731. The molecule has 1 saturated heterocycles. The molecule has 0 radical (unpaired) electrons. The van der Waals surface area contributed by atoms with Crippen LogP contribution in [0, 0.1) is 5.21 Å². The van der Waals surface area contributed by atoms with Crippen molar-refractivity contribution >= 4 is 35.4 Å². The fourth-order valence-electron chi connectivity index (χ4n) is 2.38. The number of aliphatic carboxylic acids is 1. The number of carboxylic acid groups (broad SMARTS) is 1. The Morgan fingerprint density at radius 1 is 1.59 bits per heavy atom. The predicted molar refractivity (Wildman–Crippen MR) is 81.9 cm³/mol. The minimum Gasteiger partial charge on any atom is -0.618 e. The van der Waals surface area contributed by atoms with E-state index in [2.05, 4.69) is 0 Å². The molecule has 22 heavy (non-hydrogen) atoms. The monoisotopic (exact) mass is 339 g/mol. The van der Waals surface area contributed by atoms with Crippen molar-refractivity contribution in [3.8, 4) is 0 Å². The number of amides is 1. The Balaban J connectivity index is 1.83. The highest BCUT2D eigenvalue weighted by molar-refractivity contribution is 8.01. The van der Waals surface area contributed by atoms with Gasteiger partial charge in [-0.15, -0.1) is 11.8 Å². The highest BCUT2D eigenvalue weighted by atomic mass is 32.2. The molecule has 1 amide bonds. The highest BCUT2D eigenvalue weighted by Crippen LogP contribution is 2.40. The van der Waals surface area contributed by atoms with Crippen molar-refractivity contribution < 1.29 is 19.4 Å². The van der Waals surface area contributed by atoms with Crippen LogP contribution in [0.5, 0.6) is 0 Å². The number of carbonyl (C=O) groups excluding carboxylic acids is 1. The van der Waals surface area contributed by atoms with Gasteiger partial charge in [0.2, 0.25) is 5.91 Å². The maximum atomic E-state index is 11.8. The van der Waals surface area contributed by atoms with Crippen LogP contribution in [0.15, 0.2) is 40.7 Å². The van der Waals surface area contributed by atoms with E-state index in [9.17, 15) is 19.9 Å². The van der Waals surface area contributed by atoms with Crippen molar-refractivity contribution in [1.29, 1.82) is 0 Å². The number of β-lactam (4-membered cyclic amide) rings is 1. The number of fused-ring (bicyclic) bond motifs is 1. The topological polar surface area (TPSA) is 111 Å². The van der Waals surface area contributed by atoms with E-state index in [1.54, 1.807) is 18.2 Å². The average Bonchev–Trinajstić information content (AvgIpc) is 2.52.